The van der Waals surface area contributed by atoms with Crippen LogP contribution in [0.25, 0.3) is 0 Å². The smallest absolute Gasteiger partial charge is 0.315 e. The van der Waals surface area contributed by atoms with Crippen LogP contribution in [0.5, 0.6) is 0 Å². The third kappa shape index (κ3) is 2.94. The minimum Gasteiger partial charge on any atom is -0.337 e. The Morgan fingerprint density at radius 1 is 1.46 bits per heavy atom. The average molecular weight is 191 g/mol. The SMILES string of the molecule is CC1CCCCN(C(=O)C(F)F)C1. The van der Waals surface area contributed by atoms with Crippen LogP contribution in [0.3, 0.4) is 0 Å². The van der Waals surface area contributed by atoms with Crippen LogP contribution in [-0.4, -0.2) is 30.3 Å². The maximum Gasteiger partial charge on any atom is 0.315 e. The normalized spacial score (nSPS) is 24.6. The van der Waals surface area contributed by atoms with E-state index in [1.807, 2.05) is 6.92 Å². The number of likely N-dealkylation sites (tertiary alicyclic amines) is 1. The highest BCUT2D eigenvalue weighted by atomic mass is 19.3. The second kappa shape index (κ2) is 4.53. The predicted octanol–water partition coefficient (Wildman–Crippen LogP) is 1.90. The lowest BCUT2D eigenvalue weighted by molar-refractivity contribution is -0.143. The van der Waals surface area contributed by atoms with Gasteiger partial charge in [0.1, 0.15) is 0 Å². The zero-order chi connectivity index (χ0) is 9.84. The van der Waals surface area contributed by atoms with Gasteiger partial charge in [0, 0.05) is 13.1 Å². The maximum absolute atomic E-state index is 12.1. The first-order chi connectivity index (χ1) is 6.11. The molecule has 0 bridgehead atoms. The fourth-order valence-electron chi connectivity index (χ4n) is 1.69. The molecule has 76 valence electrons. The van der Waals surface area contributed by atoms with Crippen LogP contribution in [0.15, 0.2) is 0 Å². The number of nitrogens with zero attached hydrogens (tertiary/aromatic N) is 1. The average Bonchev–Trinajstić information content (AvgIpc) is 2.28. The van der Waals surface area contributed by atoms with Gasteiger partial charge in [-0.1, -0.05) is 13.3 Å². The van der Waals surface area contributed by atoms with Crippen molar-refractivity contribution >= 4 is 5.91 Å². The third-order valence-electron chi connectivity index (χ3n) is 2.41. The Bertz CT molecular complexity index is 184. The fourth-order valence-corrected chi connectivity index (χ4v) is 1.69. The van der Waals surface area contributed by atoms with E-state index in [-0.39, 0.29) is 0 Å². The van der Waals surface area contributed by atoms with Crippen LogP contribution in [0.1, 0.15) is 26.2 Å². The van der Waals surface area contributed by atoms with E-state index in [1.165, 1.54) is 4.90 Å². The number of hydrogen-bond donors (Lipinski definition) is 0. The van der Waals surface area contributed by atoms with E-state index in [0.29, 0.717) is 19.0 Å². The van der Waals surface area contributed by atoms with E-state index in [2.05, 4.69) is 0 Å². The highest BCUT2D eigenvalue weighted by molar-refractivity contribution is 5.79. The number of rotatable bonds is 1. The monoisotopic (exact) mass is 191 g/mol. The molecule has 0 N–H and O–H groups in total. The first-order valence-corrected chi connectivity index (χ1v) is 4.68. The van der Waals surface area contributed by atoms with Gasteiger partial charge in [-0.3, -0.25) is 4.79 Å². The molecule has 1 heterocycles. The molecule has 1 fully saturated rings. The molecule has 1 saturated heterocycles. The van der Waals surface area contributed by atoms with Crippen LogP contribution < -0.4 is 0 Å². The Hall–Kier alpha value is -0.670. The second-order valence-corrected chi connectivity index (χ2v) is 3.69. The number of hydrogen-bond acceptors (Lipinski definition) is 1. The molecule has 0 saturated carbocycles. The standard InChI is InChI=1S/C9H15F2NO/c1-7-4-2-3-5-12(6-7)9(13)8(10)11/h7-8H,2-6H2,1H3. The van der Waals surface area contributed by atoms with Crippen molar-refractivity contribution in [3.8, 4) is 0 Å². The number of carbonyl (C=O) groups is 1. The Morgan fingerprint density at radius 3 is 2.77 bits per heavy atom. The summed E-state index contributed by atoms with van der Waals surface area (Å²) in [5, 5.41) is 0. The molecular formula is C9H15F2NO. The zero-order valence-corrected chi connectivity index (χ0v) is 7.80. The van der Waals surface area contributed by atoms with Gasteiger partial charge in [0.25, 0.3) is 5.91 Å². The van der Waals surface area contributed by atoms with Crippen molar-refractivity contribution in [2.75, 3.05) is 13.1 Å². The molecule has 4 heteroatoms. The quantitative estimate of drug-likeness (QED) is 0.620. The summed E-state index contributed by atoms with van der Waals surface area (Å²) in [6.07, 6.45) is 0.0783. The first kappa shape index (κ1) is 10.4. The molecular weight excluding hydrogens is 176 g/mol. The van der Waals surface area contributed by atoms with Gasteiger partial charge in [-0.2, -0.15) is 8.78 Å². The van der Waals surface area contributed by atoms with Crippen molar-refractivity contribution < 1.29 is 13.6 Å². The van der Waals surface area contributed by atoms with Crippen LogP contribution in [0.2, 0.25) is 0 Å². The number of alkyl halides is 2. The molecule has 0 aliphatic carbocycles. The van der Waals surface area contributed by atoms with Crippen molar-refractivity contribution in [3.63, 3.8) is 0 Å². The third-order valence-corrected chi connectivity index (χ3v) is 2.41. The summed E-state index contributed by atoms with van der Waals surface area (Å²) in [6.45, 7) is 2.98. The van der Waals surface area contributed by atoms with E-state index in [0.717, 1.165) is 19.3 Å². The van der Waals surface area contributed by atoms with Gasteiger partial charge in [0.2, 0.25) is 0 Å². The fraction of sp³-hybridized carbons (Fsp3) is 0.889. The largest absolute Gasteiger partial charge is 0.337 e. The van der Waals surface area contributed by atoms with Gasteiger partial charge < -0.3 is 4.90 Å². The summed E-state index contributed by atoms with van der Waals surface area (Å²) >= 11 is 0. The Morgan fingerprint density at radius 2 is 2.15 bits per heavy atom. The molecule has 1 rings (SSSR count). The second-order valence-electron chi connectivity index (χ2n) is 3.69. The molecule has 0 aromatic rings. The molecule has 0 radical (unpaired) electrons. The van der Waals surface area contributed by atoms with Crippen molar-refractivity contribution in [1.29, 1.82) is 0 Å². The van der Waals surface area contributed by atoms with E-state index >= 15 is 0 Å². The molecule has 2 nitrogen and oxygen atoms in total. The lowest BCUT2D eigenvalue weighted by Gasteiger charge is -2.21. The van der Waals surface area contributed by atoms with Gasteiger partial charge in [0.15, 0.2) is 0 Å². The van der Waals surface area contributed by atoms with Crippen LogP contribution >= 0.6 is 0 Å². The van der Waals surface area contributed by atoms with E-state index in [9.17, 15) is 13.6 Å². The van der Waals surface area contributed by atoms with Crippen molar-refractivity contribution in [3.05, 3.63) is 0 Å². The van der Waals surface area contributed by atoms with E-state index in [1.54, 1.807) is 0 Å². The number of carbonyl (C=O) groups excluding carboxylic acids is 1. The maximum atomic E-state index is 12.1. The summed E-state index contributed by atoms with van der Waals surface area (Å²) in [6, 6.07) is 0. The Kier molecular flexibility index (Phi) is 3.63. The van der Waals surface area contributed by atoms with Gasteiger partial charge in [-0.05, 0) is 18.8 Å². The molecule has 0 aromatic heterocycles. The van der Waals surface area contributed by atoms with Crippen LogP contribution in [-0.2, 0) is 4.79 Å². The predicted molar refractivity (Wildman–Crippen MR) is 45.6 cm³/mol. The summed E-state index contributed by atoms with van der Waals surface area (Å²) < 4.78 is 24.2. The first-order valence-electron chi connectivity index (χ1n) is 4.68. The van der Waals surface area contributed by atoms with Gasteiger partial charge >= 0.3 is 6.43 Å². The summed E-state index contributed by atoms with van der Waals surface area (Å²) in [7, 11) is 0. The Balaban J connectivity index is 2.52. The lowest BCUT2D eigenvalue weighted by atomic mass is 10.1. The van der Waals surface area contributed by atoms with Crippen molar-refractivity contribution in [2.45, 2.75) is 32.6 Å². The number of halogens is 2. The molecule has 1 aliphatic rings. The molecule has 13 heavy (non-hydrogen) atoms. The zero-order valence-electron chi connectivity index (χ0n) is 7.80. The van der Waals surface area contributed by atoms with Crippen LogP contribution in [0, 0.1) is 5.92 Å². The summed E-state index contributed by atoms with van der Waals surface area (Å²) in [5.41, 5.74) is 0. The molecule has 1 aliphatic heterocycles. The Labute approximate surface area is 76.9 Å². The molecule has 1 unspecified atom stereocenters. The minimum absolute atomic E-state index is 0.352. The number of amides is 1. The van der Waals surface area contributed by atoms with Crippen molar-refractivity contribution in [2.24, 2.45) is 5.92 Å². The molecule has 1 amide bonds. The molecule has 0 spiro atoms. The molecule has 1 atom stereocenters. The van der Waals surface area contributed by atoms with E-state index in [4.69, 9.17) is 0 Å². The highest BCUT2D eigenvalue weighted by Crippen LogP contribution is 2.16. The minimum atomic E-state index is -2.84. The molecule has 0 aromatic carbocycles. The van der Waals surface area contributed by atoms with Gasteiger partial charge in [-0.25, -0.2) is 0 Å². The summed E-state index contributed by atoms with van der Waals surface area (Å²) in [5.74, 6) is -0.654. The topological polar surface area (TPSA) is 20.3 Å². The van der Waals surface area contributed by atoms with Gasteiger partial charge in [-0.15, -0.1) is 0 Å². The van der Waals surface area contributed by atoms with Crippen LogP contribution in [0.4, 0.5) is 8.78 Å². The van der Waals surface area contributed by atoms with Gasteiger partial charge in [0.05, 0.1) is 0 Å². The lowest BCUT2D eigenvalue weighted by Crippen LogP contribution is -2.37. The summed E-state index contributed by atoms with van der Waals surface area (Å²) in [4.78, 5) is 12.3. The highest BCUT2D eigenvalue weighted by Gasteiger charge is 2.25. The van der Waals surface area contributed by atoms with Crippen molar-refractivity contribution in [1.82, 2.24) is 4.90 Å². The van der Waals surface area contributed by atoms with E-state index < -0.39 is 12.3 Å².